The lowest BCUT2D eigenvalue weighted by atomic mass is 10.1. The Bertz CT molecular complexity index is 839. The summed E-state index contributed by atoms with van der Waals surface area (Å²) in [6, 6.07) is 16.6. The van der Waals surface area contributed by atoms with Crippen LogP contribution in [-0.2, 0) is 19.4 Å². The van der Waals surface area contributed by atoms with Crippen LogP contribution in [0.2, 0.25) is 0 Å². The summed E-state index contributed by atoms with van der Waals surface area (Å²) in [7, 11) is 0. The number of aromatic nitrogens is 2. The molecule has 0 saturated heterocycles. The molecular formula is C26H32N2O. The smallest absolute Gasteiger partial charge is 0.159 e. The molecular weight excluding hydrogens is 356 g/mol. The number of aryl methyl sites for hydroxylation is 2. The maximum Gasteiger partial charge on any atom is 0.159 e. The third-order valence-corrected chi connectivity index (χ3v) is 5.22. The summed E-state index contributed by atoms with van der Waals surface area (Å²) in [5.41, 5.74) is 4.76. The van der Waals surface area contributed by atoms with E-state index in [4.69, 9.17) is 4.74 Å². The minimum absolute atomic E-state index is 0.576. The molecule has 0 radical (unpaired) electrons. The quantitative estimate of drug-likeness (QED) is 0.339. The van der Waals surface area contributed by atoms with E-state index in [0.29, 0.717) is 6.61 Å². The molecule has 0 aliphatic rings. The lowest BCUT2D eigenvalue weighted by Gasteiger charge is -2.08. The van der Waals surface area contributed by atoms with Crippen LogP contribution in [0, 0.1) is 0 Å². The van der Waals surface area contributed by atoms with Gasteiger partial charge in [0.25, 0.3) is 0 Å². The summed E-state index contributed by atoms with van der Waals surface area (Å²) in [5.74, 6) is 1.62. The molecule has 0 aliphatic heterocycles. The molecule has 152 valence electrons. The van der Waals surface area contributed by atoms with Gasteiger partial charge in [-0.3, -0.25) is 0 Å². The number of unbranched alkanes of at least 4 members (excludes halogenated alkanes) is 4. The minimum atomic E-state index is 0.576. The molecule has 0 N–H and O–H groups in total. The summed E-state index contributed by atoms with van der Waals surface area (Å²) in [6.45, 7) is 4.99. The number of ether oxygens (including phenoxy) is 1. The number of hydrogen-bond donors (Lipinski definition) is 0. The zero-order valence-electron chi connectivity index (χ0n) is 17.7. The predicted octanol–water partition coefficient (Wildman–Crippen LogP) is 6.80. The average Bonchev–Trinajstić information content (AvgIpc) is 2.79. The van der Waals surface area contributed by atoms with Crippen LogP contribution in [0.1, 0.15) is 62.6 Å². The molecule has 0 fully saturated rings. The third-order valence-electron chi connectivity index (χ3n) is 5.22. The zero-order valence-corrected chi connectivity index (χ0v) is 17.7. The molecule has 3 aromatic rings. The van der Waals surface area contributed by atoms with Crippen molar-refractivity contribution in [3.05, 3.63) is 77.6 Å². The topological polar surface area (TPSA) is 35.0 Å². The number of hydrogen-bond acceptors (Lipinski definition) is 3. The first-order chi connectivity index (χ1) is 14.3. The normalized spacial score (nSPS) is 10.8. The van der Waals surface area contributed by atoms with Gasteiger partial charge in [-0.15, -0.1) is 0 Å². The van der Waals surface area contributed by atoms with Gasteiger partial charge in [0.1, 0.15) is 12.4 Å². The average molecular weight is 389 g/mol. The molecule has 3 nitrogen and oxygen atoms in total. The molecule has 29 heavy (non-hydrogen) atoms. The summed E-state index contributed by atoms with van der Waals surface area (Å²) in [5, 5.41) is 0. The Kier molecular flexibility index (Phi) is 8.24. The second-order valence-electron chi connectivity index (χ2n) is 7.56. The second kappa shape index (κ2) is 11.4. The van der Waals surface area contributed by atoms with Crippen LogP contribution in [0.3, 0.4) is 0 Å². The van der Waals surface area contributed by atoms with Gasteiger partial charge in [-0.1, -0.05) is 63.8 Å². The van der Waals surface area contributed by atoms with E-state index in [1.54, 1.807) is 0 Å². The first-order valence-corrected chi connectivity index (χ1v) is 10.9. The fourth-order valence-corrected chi connectivity index (χ4v) is 3.30. The first-order valence-electron chi connectivity index (χ1n) is 10.9. The van der Waals surface area contributed by atoms with Crippen LogP contribution in [-0.4, -0.2) is 9.97 Å². The highest BCUT2D eigenvalue weighted by Crippen LogP contribution is 2.20. The van der Waals surface area contributed by atoms with Crippen LogP contribution >= 0.6 is 0 Å². The molecule has 1 heterocycles. The molecule has 0 aliphatic carbocycles. The van der Waals surface area contributed by atoms with Crippen LogP contribution in [0.15, 0.2) is 60.9 Å². The molecule has 0 saturated carbocycles. The first kappa shape index (κ1) is 21.0. The monoisotopic (exact) mass is 388 g/mol. The van der Waals surface area contributed by atoms with Crippen molar-refractivity contribution in [1.29, 1.82) is 0 Å². The largest absolute Gasteiger partial charge is 0.489 e. The predicted molar refractivity (Wildman–Crippen MR) is 120 cm³/mol. The minimum Gasteiger partial charge on any atom is -0.489 e. The van der Waals surface area contributed by atoms with Gasteiger partial charge in [0, 0.05) is 18.0 Å². The van der Waals surface area contributed by atoms with Crippen LogP contribution < -0.4 is 4.74 Å². The maximum absolute atomic E-state index is 5.91. The van der Waals surface area contributed by atoms with E-state index in [0.717, 1.165) is 30.0 Å². The molecule has 0 bridgehead atoms. The molecule has 0 atom stereocenters. The highest BCUT2D eigenvalue weighted by atomic mass is 16.5. The SMILES string of the molecule is CCCCCCCc1cnc(-c2ccc(OCc3ccc(CC)cc3)cc2)nc1. The zero-order chi connectivity index (χ0) is 20.3. The summed E-state index contributed by atoms with van der Waals surface area (Å²) >= 11 is 0. The van der Waals surface area contributed by atoms with Gasteiger partial charge in [-0.25, -0.2) is 9.97 Å². The van der Waals surface area contributed by atoms with Gasteiger partial charge in [0.15, 0.2) is 5.82 Å². The molecule has 0 spiro atoms. The van der Waals surface area contributed by atoms with E-state index in [9.17, 15) is 0 Å². The standard InChI is InChI=1S/C26H32N2O/c1-3-5-6-7-8-9-23-18-27-26(28-19-23)24-14-16-25(17-15-24)29-20-22-12-10-21(4-2)11-13-22/h10-19H,3-9,20H2,1-2H3. The van der Waals surface area contributed by atoms with Crippen molar-refractivity contribution in [2.45, 2.75) is 65.4 Å². The highest BCUT2D eigenvalue weighted by Gasteiger charge is 2.03. The molecule has 0 amide bonds. The van der Waals surface area contributed by atoms with E-state index in [2.05, 4.69) is 48.1 Å². The fourth-order valence-electron chi connectivity index (χ4n) is 3.30. The molecule has 3 rings (SSSR count). The maximum atomic E-state index is 5.91. The molecule has 0 unspecified atom stereocenters. The lowest BCUT2D eigenvalue weighted by Crippen LogP contribution is -1.96. The summed E-state index contributed by atoms with van der Waals surface area (Å²) in [6.07, 6.45) is 12.5. The van der Waals surface area contributed by atoms with E-state index in [1.165, 1.54) is 48.8 Å². The summed E-state index contributed by atoms with van der Waals surface area (Å²) in [4.78, 5) is 9.10. The fraction of sp³-hybridized carbons (Fsp3) is 0.385. The van der Waals surface area contributed by atoms with Gasteiger partial charge in [0.2, 0.25) is 0 Å². The Morgan fingerprint density at radius 3 is 2.00 bits per heavy atom. The van der Waals surface area contributed by atoms with E-state index in [-0.39, 0.29) is 0 Å². The van der Waals surface area contributed by atoms with Crippen LogP contribution in [0.25, 0.3) is 11.4 Å². The van der Waals surface area contributed by atoms with Gasteiger partial charge < -0.3 is 4.74 Å². The van der Waals surface area contributed by atoms with E-state index in [1.807, 2.05) is 36.7 Å². The van der Waals surface area contributed by atoms with E-state index >= 15 is 0 Å². The van der Waals surface area contributed by atoms with Crippen LogP contribution in [0.4, 0.5) is 0 Å². The van der Waals surface area contributed by atoms with Crippen molar-refractivity contribution in [1.82, 2.24) is 9.97 Å². The van der Waals surface area contributed by atoms with Crippen molar-refractivity contribution >= 4 is 0 Å². The Labute approximate surface area is 175 Å². The van der Waals surface area contributed by atoms with Crippen molar-refractivity contribution in [3.8, 4) is 17.1 Å². The van der Waals surface area contributed by atoms with Gasteiger partial charge in [-0.05, 0) is 60.2 Å². The Balaban J connectivity index is 1.50. The Morgan fingerprint density at radius 2 is 1.34 bits per heavy atom. The van der Waals surface area contributed by atoms with Gasteiger partial charge >= 0.3 is 0 Å². The number of nitrogens with zero attached hydrogens (tertiary/aromatic N) is 2. The third kappa shape index (κ3) is 6.70. The number of benzene rings is 2. The van der Waals surface area contributed by atoms with Gasteiger partial charge in [-0.2, -0.15) is 0 Å². The molecule has 2 aromatic carbocycles. The highest BCUT2D eigenvalue weighted by molar-refractivity contribution is 5.55. The van der Waals surface area contributed by atoms with Crippen molar-refractivity contribution in [2.24, 2.45) is 0 Å². The second-order valence-corrected chi connectivity index (χ2v) is 7.56. The Hall–Kier alpha value is -2.68. The number of rotatable bonds is 11. The molecule has 1 aromatic heterocycles. The van der Waals surface area contributed by atoms with E-state index < -0.39 is 0 Å². The van der Waals surface area contributed by atoms with Crippen molar-refractivity contribution in [3.63, 3.8) is 0 Å². The van der Waals surface area contributed by atoms with Crippen molar-refractivity contribution < 1.29 is 4.74 Å². The van der Waals surface area contributed by atoms with Gasteiger partial charge in [0.05, 0.1) is 0 Å². The summed E-state index contributed by atoms with van der Waals surface area (Å²) < 4.78 is 5.91. The molecule has 3 heteroatoms. The van der Waals surface area contributed by atoms with Crippen LogP contribution in [0.5, 0.6) is 5.75 Å². The van der Waals surface area contributed by atoms with Crippen molar-refractivity contribution in [2.75, 3.05) is 0 Å². The lowest BCUT2D eigenvalue weighted by molar-refractivity contribution is 0.306. The Morgan fingerprint density at radius 1 is 0.690 bits per heavy atom.